The highest BCUT2D eigenvalue weighted by atomic mass is 16.5. The van der Waals surface area contributed by atoms with E-state index in [1.54, 1.807) is 34.2 Å². The van der Waals surface area contributed by atoms with E-state index in [0.29, 0.717) is 0 Å². The summed E-state index contributed by atoms with van der Waals surface area (Å²) in [6.07, 6.45) is 6.34. The fraction of sp³-hybridized carbons (Fsp3) is 0.500. The first-order chi connectivity index (χ1) is 7.27. The Morgan fingerprint density at radius 2 is 1.40 bits per heavy atom. The quantitative estimate of drug-likeness (QED) is 0.736. The summed E-state index contributed by atoms with van der Waals surface area (Å²) in [4.78, 5) is 0. The minimum absolute atomic E-state index is 0.188. The maximum atomic E-state index is 5.66. The first-order valence-electron chi connectivity index (χ1n) is 4.64. The molecular weight excluding hydrogens is 196 g/mol. The molecule has 15 heavy (non-hydrogen) atoms. The molecule has 2 aromatic rings. The van der Waals surface area contributed by atoms with E-state index in [9.17, 15) is 0 Å². The van der Waals surface area contributed by atoms with Crippen LogP contribution in [-0.2, 0) is 4.74 Å². The third-order valence-electron chi connectivity index (χ3n) is 2.02. The Balaban J connectivity index is 1.98. The van der Waals surface area contributed by atoms with Gasteiger partial charge < -0.3 is 4.74 Å². The lowest BCUT2D eigenvalue weighted by Crippen LogP contribution is -2.17. The molecule has 2 rings (SSSR count). The highest BCUT2D eigenvalue weighted by molar-refractivity contribution is 4.68. The van der Waals surface area contributed by atoms with Crippen molar-refractivity contribution in [2.45, 2.75) is 26.3 Å². The van der Waals surface area contributed by atoms with Crippen LogP contribution in [0.1, 0.15) is 26.3 Å². The first-order valence-corrected chi connectivity index (χ1v) is 4.64. The summed E-state index contributed by atoms with van der Waals surface area (Å²) in [5, 5.41) is 15.1. The van der Waals surface area contributed by atoms with E-state index in [1.807, 2.05) is 13.8 Å². The van der Waals surface area contributed by atoms with Crippen LogP contribution < -0.4 is 0 Å². The van der Waals surface area contributed by atoms with Gasteiger partial charge in [-0.3, -0.25) is 0 Å². The Labute approximate surface area is 86.7 Å². The van der Waals surface area contributed by atoms with Crippen LogP contribution in [-0.4, -0.2) is 30.0 Å². The van der Waals surface area contributed by atoms with Crippen molar-refractivity contribution in [1.82, 2.24) is 30.0 Å². The molecule has 7 nitrogen and oxygen atoms in total. The molecule has 0 spiro atoms. The third-order valence-corrected chi connectivity index (χ3v) is 2.02. The van der Waals surface area contributed by atoms with Crippen molar-refractivity contribution in [3.05, 3.63) is 24.8 Å². The maximum absolute atomic E-state index is 5.66. The molecule has 0 saturated carbocycles. The van der Waals surface area contributed by atoms with Crippen molar-refractivity contribution in [2.24, 2.45) is 0 Å². The van der Waals surface area contributed by atoms with Gasteiger partial charge in [0.15, 0.2) is 12.5 Å². The molecular formula is C8H12N6O. The molecule has 0 aliphatic heterocycles. The van der Waals surface area contributed by atoms with E-state index >= 15 is 0 Å². The van der Waals surface area contributed by atoms with Crippen LogP contribution in [0.2, 0.25) is 0 Å². The highest BCUT2D eigenvalue weighted by Crippen LogP contribution is 2.14. The van der Waals surface area contributed by atoms with Gasteiger partial charge in [-0.1, -0.05) is 10.4 Å². The minimum atomic E-state index is -0.188. The summed E-state index contributed by atoms with van der Waals surface area (Å²) in [5.41, 5.74) is 0. The van der Waals surface area contributed by atoms with Gasteiger partial charge in [0.05, 0.1) is 12.4 Å². The molecule has 80 valence electrons. The molecule has 0 amide bonds. The molecule has 7 heteroatoms. The second-order valence-electron chi connectivity index (χ2n) is 3.10. The van der Waals surface area contributed by atoms with Gasteiger partial charge in [-0.25, -0.2) is 9.36 Å². The predicted molar refractivity (Wildman–Crippen MR) is 50.6 cm³/mol. The molecule has 0 N–H and O–H groups in total. The summed E-state index contributed by atoms with van der Waals surface area (Å²) in [6.45, 7) is 3.78. The van der Waals surface area contributed by atoms with Gasteiger partial charge in [0, 0.05) is 12.4 Å². The van der Waals surface area contributed by atoms with Gasteiger partial charge in [0.2, 0.25) is 0 Å². The van der Waals surface area contributed by atoms with Crippen LogP contribution in [0.4, 0.5) is 0 Å². The molecule has 2 aromatic heterocycles. The lowest BCUT2D eigenvalue weighted by molar-refractivity contribution is -0.0832. The van der Waals surface area contributed by atoms with E-state index < -0.39 is 0 Å². The zero-order valence-corrected chi connectivity index (χ0v) is 8.56. The average Bonchev–Trinajstić information content (AvgIpc) is 2.91. The zero-order chi connectivity index (χ0) is 10.7. The van der Waals surface area contributed by atoms with E-state index in [2.05, 4.69) is 20.6 Å². The van der Waals surface area contributed by atoms with Crippen LogP contribution in [0.5, 0.6) is 0 Å². The lowest BCUT2D eigenvalue weighted by atomic mass is 10.6. The molecule has 0 aliphatic carbocycles. The number of nitrogens with zero attached hydrogens (tertiary/aromatic N) is 6. The van der Waals surface area contributed by atoms with Crippen molar-refractivity contribution in [3.63, 3.8) is 0 Å². The molecule has 0 radical (unpaired) electrons. The Morgan fingerprint density at radius 3 is 1.73 bits per heavy atom. The summed E-state index contributed by atoms with van der Waals surface area (Å²) >= 11 is 0. The largest absolute Gasteiger partial charge is 0.332 e. The fourth-order valence-electron chi connectivity index (χ4n) is 1.23. The fourth-order valence-corrected chi connectivity index (χ4v) is 1.23. The van der Waals surface area contributed by atoms with Gasteiger partial charge in [-0.2, -0.15) is 0 Å². The maximum Gasteiger partial charge on any atom is 0.151 e. The number of ether oxygens (including phenoxy) is 1. The topological polar surface area (TPSA) is 70.7 Å². The second-order valence-corrected chi connectivity index (χ2v) is 3.10. The van der Waals surface area contributed by atoms with Crippen molar-refractivity contribution >= 4 is 0 Å². The van der Waals surface area contributed by atoms with E-state index in [-0.39, 0.29) is 12.5 Å². The monoisotopic (exact) mass is 208 g/mol. The van der Waals surface area contributed by atoms with Crippen molar-refractivity contribution in [3.8, 4) is 0 Å². The van der Waals surface area contributed by atoms with Crippen molar-refractivity contribution < 1.29 is 4.74 Å². The standard InChI is InChI=1S/C8H12N6O/c1-7(13-5-3-9-11-13)15-8(2)14-6-4-10-12-14/h3-8H,1-2H3. The summed E-state index contributed by atoms with van der Waals surface area (Å²) in [7, 11) is 0. The molecule has 0 aromatic carbocycles. The van der Waals surface area contributed by atoms with Gasteiger partial charge >= 0.3 is 0 Å². The van der Waals surface area contributed by atoms with Gasteiger partial charge in [-0.15, -0.1) is 10.2 Å². The van der Waals surface area contributed by atoms with Crippen LogP contribution in [0.25, 0.3) is 0 Å². The van der Waals surface area contributed by atoms with Crippen LogP contribution >= 0.6 is 0 Å². The smallest absolute Gasteiger partial charge is 0.151 e. The summed E-state index contributed by atoms with van der Waals surface area (Å²) in [6, 6.07) is 0. The minimum Gasteiger partial charge on any atom is -0.332 e. The second kappa shape index (κ2) is 4.18. The predicted octanol–water partition coefficient (Wildman–Crippen LogP) is 0.623. The Hall–Kier alpha value is -1.76. The lowest BCUT2D eigenvalue weighted by Gasteiger charge is -2.18. The Morgan fingerprint density at radius 1 is 0.933 bits per heavy atom. The third kappa shape index (κ3) is 2.18. The normalized spacial score (nSPS) is 15.1. The van der Waals surface area contributed by atoms with Crippen molar-refractivity contribution in [1.29, 1.82) is 0 Å². The van der Waals surface area contributed by atoms with Crippen LogP contribution in [0.3, 0.4) is 0 Å². The SMILES string of the molecule is CC(OC(C)n1ccnn1)n1ccnn1. The average molecular weight is 208 g/mol. The van der Waals surface area contributed by atoms with E-state index in [1.165, 1.54) is 0 Å². The summed E-state index contributed by atoms with van der Waals surface area (Å²) < 4.78 is 8.92. The Kier molecular flexibility index (Phi) is 2.72. The molecule has 0 bridgehead atoms. The van der Waals surface area contributed by atoms with E-state index in [0.717, 1.165) is 0 Å². The molecule has 2 unspecified atom stereocenters. The Bertz CT molecular complexity index is 345. The van der Waals surface area contributed by atoms with Crippen LogP contribution in [0.15, 0.2) is 24.8 Å². The number of rotatable bonds is 4. The molecule has 0 saturated heterocycles. The number of aromatic nitrogens is 6. The number of hydrogen-bond donors (Lipinski definition) is 0. The highest BCUT2D eigenvalue weighted by Gasteiger charge is 2.12. The molecule has 2 heterocycles. The van der Waals surface area contributed by atoms with E-state index in [4.69, 9.17) is 4.74 Å². The molecule has 0 fully saturated rings. The number of hydrogen-bond acceptors (Lipinski definition) is 5. The van der Waals surface area contributed by atoms with Crippen LogP contribution in [0, 0.1) is 0 Å². The zero-order valence-electron chi connectivity index (χ0n) is 8.56. The first kappa shape index (κ1) is 9.78. The van der Waals surface area contributed by atoms with Gasteiger partial charge in [0.1, 0.15) is 0 Å². The van der Waals surface area contributed by atoms with Gasteiger partial charge in [0.25, 0.3) is 0 Å². The molecule has 2 atom stereocenters. The summed E-state index contributed by atoms with van der Waals surface area (Å²) in [5.74, 6) is 0. The van der Waals surface area contributed by atoms with Gasteiger partial charge in [-0.05, 0) is 13.8 Å². The van der Waals surface area contributed by atoms with Crippen molar-refractivity contribution in [2.75, 3.05) is 0 Å². The molecule has 0 aliphatic rings.